The topological polar surface area (TPSA) is 24.7 Å². The molecule has 0 fully saturated rings. The van der Waals surface area contributed by atoms with Gasteiger partial charge in [0.1, 0.15) is 0 Å². The van der Waals surface area contributed by atoms with Gasteiger partial charge < -0.3 is 0 Å². The molecule has 0 N–H and O–H groups in total. The van der Waals surface area contributed by atoms with E-state index in [0.29, 0.717) is 12.9 Å². The van der Waals surface area contributed by atoms with Crippen molar-refractivity contribution in [2.75, 3.05) is 0 Å². The van der Waals surface area contributed by atoms with Crippen LogP contribution in [0.4, 0.5) is 11.4 Å². The van der Waals surface area contributed by atoms with Gasteiger partial charge in [0.25, 0.3) is 0 Å². The number of benzene rings is 2. The van der Waals surface area contributed by atoms with Crippen LogP contribution < -0.4 is 0 Å². The SMILES string of the molecule is CC(=Nc1c(C)cc(C)cc1C)C(C)=Nc1c(C)cc(C)cc1C.[Cl][Co][Cl]. The van der Waals surface area contributed by atoms with E-state index >= 15 is 0 Å². The molecule has 2 rings (SSSR count). The summed E-state index contributed by atoms with van der Waals surface area (Å²) in [4.78, 5) is 9.72. The molecule has 0 aliphatic heterocycles. The fourth-order valence-electron chi connectivity index (χ4n) is 3.19. The van der Waals surface area contributed by atoms with Crippen LogP contribution in [0.5, 0.6) is 0 Å². The summed E-state index contributed by atoms with van der Waals surface area (Å²) >= 11 is 0.382. The molecule has 0 aromatic heterocycles. The molecule has 2 aromatic rings. The molecule has 0 amide bonds. The molecule has 0 saturated carbocycles. The molecule has 0 spiro atoms. The molecule has 0 saturated heterocycles. The van der Waals surface area contributed by atoms with E-state index in [1.165, 1.54) is 33.4 Å². The van der Waals surface area contributed by atoms with Gasteiger partial charge in [-0.2, -0.15) is 0 Å². The zero-order valence-electron chi connectivity index (χ0n) is 17.3. The van der Waals surface area contributed by atoms with Crippen LogP contribution in [0.25, 0.3) is 0 Å². The Morgan fingerprint density at radius 2 is 0.852 bits per heavy atom. The van der Waals surface area contributed by atoms with Crippen LogP contribution in [-0.4, -0.2) is 11.4 Å². The molecule has 0 unspecified atom stereocenters. The molecule has 0 heterocycles. The summed E-state index contributed by atoms with van der Waals surface area (Å²) in [6.45, 7) is 16.8. The van der Waals surface area contributed by atoms with E-state index < -0.39 is 0 Å². The van der Waals surface area contributed by atoms with Crippen LogP contribution in [0, 0.1) is 41.5 Å². The van der Waals surface area contributed by atoms with Gasteiger partial charge >= 0.3 is 33.2 Å². The third-order valence-electron chi connectivity index (χ3n) is 4.35. The van der Waals surface area contributed by atoms with Crippen LogP contribution in [0.15, 0.2) is 34.3 Å². The van der Waals surface area contributed by atoms with Gasteiger partial charge in [-0.25, -0.2) is 0 Å². The molecule has 5 heteroatoms. The zero-order chi connectivity index (χ0) is 20.7. The molecule has 2 nitrogen and oxygen atoms in total. The molecule has 0 aliphatic rings. The van der Waals surface area contributed by atoms with E-state index in [1.807, 2.05) is 13.8 Å². The molecule has 0 bridgehead atoms. The first kappa shape index (κ1) is 23.9. The average Bonchev–Trinajstić information content (AvgIpc) is 2.54. The minimum atomic E-state index is 0.382. The van der Waals surface area contributed by atoms with Gasteiger partial charge in [-0.15, -0.1) is 0 Å². The van der Waals surface area contributed by atoms with E-state index in [9.17, 15) is 0 Å². The molecule has 149 valence electrons. The number of hydrogen-bond donors (Lipinski definition) is 0. The number of hydrogen-bond acceptors (Lipinski definition) is 2. The molecule has 0 aliphatic carbocycles. The third kappa shape index (κ3) is 7.08. The minimum absolute atomic E-state index is 0.382. The quantitative estimate of drug-likeness (QED) is 0.427. The van der Waals surface area contributed by atoms with Crippen LogP contribution in [0.1, 0.15) is 47.2 Å². The second kappa shape index (κ2) is 11.0. The molecular weight excluding hydrogens is 422 g/mol. The van der Waals surface area contributed by atoms with Gasteiger partial charge in [-0.05, 0) is 77.6 Å². The summed E-state index contributed by atoms with van der Waals surface area (Å²) in [5.41, 5.74) is 11.4. The summed E-state index contributed by atoms with van der Waals surface area (Å²) in [7, 11) is 9.47. The first-order chi connectivity index (χ1) is 12.6. The maximum atomic E-state index is 4.86. The molecule has 2 aromatic carbocycles. The van der Waals surface area contributed by atoms with Gasteiger partial charge in [0.15, 0.2) is 0 Å². The first-order valence-corrected chi connectivity index (χ1v) is 11.6. The van der Waals surface area contributed by atoms with E-state index in [-0.39, 0.29) is 0 Å². The van der Waals surface area contributed by atoms with Crippen molar-refractivity contribution in [1.82, 2.24) is 0 Å². The maximum absolute atomic E-state index is 4.86. The Hall–Kier alpha value is -1.13. The van der Waals surface area contributed by atoms with Gasteiger partial charge in [0.05, 0.1) is 22.8 Å². The van der Waals surface area contributed by atoms with Crippen LogP contribution in [-0.2, 0) is 12.9 Å². The van der Waals surface area contributed by atoms with Crippen molar-refractivity contribution in [2.24, 2.45) is 9.98 Å². The van der Waals surface area contributed by atoms with Crippen molar-refractivity contribution in [3.63, 3.8) is 0 Å². The Bertz CT molecular complexity index is 753. The molecule has 0 atom stereocenters. The Labute approximate surface area is 178 Å². The van der Waals surface area contributed by atoms with E-state index in [4.69, 9.17) is 30.3 Å². The standard InChI is InChI=1S/C22H28N2.2ClH.Co/c1-13-9-15(3)21(16(4)10-13)23-19(7)20(8)24-22-17(5)11-14(2)12-18(22)6;;;/h9-12H,1-8H3;2*1H;/q;;;+2/p-2. The number of nitrogens with zero attached hydrogens (tertiary/aromatic N) is 2. The fourth-order valence-corrected chi connectivity index (χ4v) is 3.19. The third-order valence-corrected chi connectivity index (χ3v) is 4.35. The summed E-state index contributed by atoms with van der Waals surface area (Å²) < 4.78 is 0. The van der Waals surface area contributed by atoms with Crippen molar-refractivity contribution < 1.29 is 12.9 Å². The van der Waals surface area contributed by atoms with Gasteiger partial charge in [-0.3, -0.25) is 9.98 Å². The van der Waals surface area contributed by atoms with Crippen LogP contribution in [0.2, 0.25) is 0 Å². The summed E-state index contributed by atoms with van der Waals surface area (Å²) in [6.07, 6.45) is 0. The van der Waals surface area contributed by atoms with E-state index in [0.717, 1.165) is 22.8 Å². The van der Waals surface area contributed by atoms with Crippen molar-refractivity contribution in [3.05, 3.63) is 57.6 Å². The van der Waals surface area contributed by atoms with E-state index in [1.54, 1.807) is 0 Å². The van der Waals surface area contributed by atoms with Gasteiger partial charge in [0.2, 0.25) is 0 Å². The summed E-state index contributed by atoms with van der Waals surface area (Å²) in [5.74, 6) is 0. The summed E-state index contributed by atoms with van der Waals surface area (Å²) in [5, 5.41) is 0. The zero-order valence-corrected chi connectivity index (χ0v) is 19.8. The number of halogens is 2. The molecule has 0 radical (unpaired) electrons. The van der Waals surface area contributed by atoms with Crippen molar-refractivity contribution >= 4 is 43.1 Å². The Balaban J connectivity index is 0.00000114. The van der Waals surface area contributed by atoms with E-state index in [2.05, 4.69) is 65.8 Å². The monoisotopic (exact) mass is 449 g/mol. The normalized spacial score (nSPS) is 12.1. The number of aryl methyl sites for hydroxylation is 6. The van der Waals surface area contributed by atoms with Crippen LogP contribution in [0.3, 0.4) is 0 Å². The first-order valence-electron chi connectivity index (χ1n) is 8.71. The second-order valence-corrected chi connectivity index (χ2v) is 8.66. The Kier molecular flexibility index (Phi) is 9.75. The van der Waals surface area contributed by atoms with Crippen molar-refractivity contribution in [3.8, 4) is 0 Å². The van der Waals surface area contributed by atoms with Crippen molar-refractivity contribution in [1.29, 1.82) is 0 Å². The Morgan fingerprint density at radius 1 is 0.630 bits per heavy atom. The fraction of sp³-hybridized carbons (Fsp3) is 0.364. The average molecular weight is 450 g/mol. The Morgan fingerprint density at radius 3 is 1.07 bits per heavy atom. The van der Waals surface area contributed by atoms with Gasteiger partial charge in [0, 0.05) is 0 Å². The van der Waals surface area contributed by atoms with Gasteiger partial charge in [-0.1, -0.05) is 35.4 Å². The second-order valence-electron chi connectivity index (χ2n) is 6.94. The van der Waals surface area contributed by atoms with Crippen molar-refractivity contribution in [2.45, 2.75) is 55.4 Å². The predicted molar refractivity (Wildman–Crippen MR) is 119 cm³/mol. The van der Waals surface area contributed by atoms with Crippen LogP contribution >= 0.6 is 20.3 Å². The predicted octanol–water partition coefficient (Wildman–Crippen LogP) is 7.80. The molecule has 27 heavy (non-hydrogen) atoms. The number of rotatable bonds is 3. The summed E-state index contributed by atoms with van der Waals surface area (Å²) in [6, 6.07) is 8.72. The molecular formula is C22H28Cl2CoN2. The number of aliphatic imine (C=N–C) groups is 2.